The van der Waals surface area contributed by atoms with Crippen molar-refractivity contribution in [3.63, 3.8) is 0 Å². The van der Waals surface area contributed by atoms with Crippen molar-refractivity contribution < 1.29 is 9.53 Å². The van der Waals surface area contributed by atoms with E-state index >= 15 is 0 Å². The zero-order valence-corrected chi connectivity index (χ0v) is 16.2. The quantitative estimate of drug-likeness (QED) is 0.683. The minimum absolute atomic E-state index is 0.0421. The van der Waals surface area contributed by atoms with Crippen molar-refractivity contribution in [1.29, 1.82) is 0 Å². The first-order chi connectivity index (χ1) is 12.4. The van der Waals surface area contributed by atoms with Gasteiger partial charge in [0.05, 0.1) is 6.04 Å². The van der Waals surface area contributed by atoms with Crippen molar-refractivity contribution in [2.45, 2.75) is 77.5 Å². The summed E-state index contributed by atoms with van der Waals surface area (Å²) in [6, 6.07) is 6.23. The molecule has 0 spiro atoms. The van der Waals surface area contributed by atoms with Crippen LogP contribution in [0.2, 0.25) is 0 Å². The average Bonchev–Trinajstić information content (AvgIpc) is 2.60. The molecular weight excluding hydrogens is 328 g/mol. The molecule has 142 valence electrons. The van der Waals surface area contributed by atoms with Crippen LogP contribution < -0.4 is 0 Å². The van der Waals surface area contributed by atoms with Gasteiger partial charge >= 0.3 is 6.09 Å². The summed E-state index contributed by atoms with van der Waals surface area (Å²) in [6.07, 6.45) is 6.59. The largest absolute Gasteiger partial charge is 0.444 e. The molecule has 0 bridgehead atoms. The van der Waals surface area contributed by atoms with Crippen molar-refractivity contribution in [2.75, 3.05) is 6.54 Å². The molecule has 1 saturated carbocycles. The third-order valence-electron chi connectivity index (χ3n) is 5.46. The van der Waals surface area contributed by atoms with Crippen LogP contribution in [0, 0.1) is 10.8 Å². The average molecular weight is 358 g/mol. The van der Waals surface area contributed by atoms with Gasteiger partial charge in [-0.3, -0.25) is 0 Å². The number of ether oxygens (including phenoxy) is 1. The lowest BCUT2D eigenvalue weighted by atomic mass is 9.77. The number of rotatable bonds is 3. The highest BCUT2D eigenvalue weighted by Gasteiger charge is 2.38. The molecule has 1 aromatic rings. The van der Waals surface area contributed by atoms with E-state index in [2.05, 4.69) is 17.3 Å². The smallest absolute Gasteiger partial charge is 0.410 e. The number of nitrogens with zero attached hydrogens (tertiary/aromatic N) is 2. The van der Waals surface area contributed by atoms with Gasteiger partial charge in [0.2, 0.25) is 0 Å². The van der Waals surface area contributed by atoms with Crippen molar-refractivity contribution in [3.8, 4) is 0 Å². The summed E-state index contributed by atoms with van der Waals surface area (Å²) < 4.78 is 5.71. The molecule has 5 heteroatoms. The van der Waals surface area contributed by atoms with E-state index in [0.717, 1.165) is 24.8 Å². The lowest BCUT2D eigenvalue weighted by Gasteiger charge is -2.43. The normalized spacial score (nSPS) is 21.2. The zero-order chi connectivity index (χ0) is 18.7. The fourth-order valence-corrected chi connectivity index (χ4v) is 4.35. The Balaban J connectivity index is 1.96. The van der Waals surface area contributed by atoms with Crippen LogP contribution in [0.15, 0.2) is 23.4 Å². The molecule has 1 aliphatic heterocycles. The van der Waals surface area contributed by atoms with E-state index in [1.807, 2.05) is 31.7 Å². The fraction of sp³-hybridized carbons (Fsp3) is 0.667. The van der Waals surface area contributed by atoms with E-state index < -0.39 is 5.60 Å². The van der Waals surface area contributed by atoms with E-state index in [1.54, 1.807) is 0 Å². The number of carbonyl (C=O) groups is 1. The van der Waals surface area contributed by atoms with Gasteiger partial charge in [-0.05, 0) is 62.6 Å². The molecule has 0 N–H and O–H groups in total. The standard InChI is InChI=1S/C21H30N2O3/c1-21(2,3)26-20(24)23-12-11-16-10-9-15(14-22-25)13-18(16)19(23)17-7-5-4-6-8-17/h9-10,13,17,19H,4-8,11-12,14H2,1-3H3. The molecule has 2 aliphatic rings. The SMILES string of the molecule is CC(C)(C)OC(=O)N1CCc2ccc(CN=O)cc2C1C1CCCCC1. The molecule has 1 amide bonds. The Labute approximate surface area is 156 Å². The molecule has 26 heavy (non-hydrogen) atoms. The maximum absolute atomic E-state index is 12.9. The van der Waals surface area contributed by atoms with Gasteiger partial charge in [-0.15, -0.1) is 0 Å². The first-order valence-corrected chi connectivity index (χ1v) is 9.79. The van der Waals surface area contributed by atoms with E-state index in [-0.39, 0.29) is 18.7 Å². The van der Waals surface area contributed by atoms with E-state index in [1.165, 1.54) is 30.4 Å². The third-order valence-corrected chi connectivity index (χ3v) is 5.46. The van der Waals surface area contributed by atoms with Gasteiger partial charge < -0.3 is 9.64 Å². The second-order valence-corrected chi connectivity index (χ2v) is 8.59. The van der Waals surface area contributed by atoms with Crippen molar-refractivity contribution in [2.24, 2.45) is 11.1 Å². The fourth-order valence-electron chi connectivity index (χ4n) is 4.35. The minimum atomic E-state index is -0.502. The lowest BCUT2D eigenvalue weighted by Crippen LogP contribution is -2.45. The number of hydrogen-bond acceptors (Lipinski definition) is 4. The van der Waals surface area contributed by atoms with Gasteiger partial charge in [0, 0.05) is 6.54 Å². The molecular formula is C21H30N2O3. The first-order valence-electron chi connectivity index (χ1n) is 9.79. The summed E-state index contributed by atoms with van der Waals surface area (Å²) >= 11 is 0. The van der Waals surface area contributed by atoms with Gasteiger partial charge in [-0.25, -0.2) is 4.79 Å². The molecule has 1 atom stereocenters. The molecule has 3 rings (SSSR count). The molecule has 1 unspecified atom stereocenters. The molecule has 1 aromatic carbocycles. The highest BCUT2D eigenvalue weighted by atomic mass is 16.6. The molecule has 0 radical (unpaired) electrons. The number of nitroso groups, excluding NO2 is 1. The highest BCUT2D eigenvalue weighted by molar-refractivity contribution is 5.69. The highest BCUT2D eigenvalue weighted by Crippen LogP contribution is 2.42. The topological polar surface area (TPSA) is 59.0 Å². The molecule has 1 heterocycles. The van der Waals surface area contributed by atoms with Crippen LogP contribution in [0.1, 0.15) is 75.6 Å². The monoisotopic (exact) mass is 358 g/mol. The summed E-state index contributed by atoms with van der Waals surface area (Å²) in [5.41, 5.74) is 2.90. The lowest BCUT2D eigenvalue weighted by molar-refractivity contribution is 0.00398. The third kappa shape index (κ3) is 4.25. The van der Waals surface area contributed by atoms with Gasteiger partial charge in [-0.2, -0.15) is 4.91 Å². The summed E-state index contributed by atoms with van der Waals surface area (Å²) in [4.78, 5) is 25.6. The summed E-state index contributed by atoms with van der Waals surface area (Å²) in [5, 5.41) is 3.04. The van der Waals surface area contributed by atoms with E-state index in [9.17, 15) is 9.70 Å². The Morgan fingerprint density at radius 3 is 2.62 bits per heavy atom. The Hall–Kier alpha value is -1.91. The van der Waals surface area contributed by atoms with Crippen molar-refractivity contribution >= 4 is 6.09 Å². The van der Waals surface area contributed by atoms with Crippen LogP contribution in [-0.4, -0.2) is 23.1 Å². The Morgan fingerprint density at radius 1 is 1.23 bits per heavy atom. The summed E-state index contributed by atoms with van der Waals surface area (Å²) in [7, 11) is 0. The van der Waals surface area contributed by atoms with Crippen molar-refractivity contribution in [3.05, 3.63) is 39.8 Å². The summed E-state index contributed by atoms with van der Waals surface area (Å²) in [5.74, 6) is 0.453. The van der Waals surface area contributed by atoms with Crippen LogP contribution in [0.25, 0.3) is 0 Å². The van der Waals surface area contributed by atoms with Crippen LogP contribution >= 0.6 is 0 Å². The van der Waals surface area contributed by atoms with Gasteiger partial charge in [-0.1, -0.05) is 42.6 Å². The Bertz CT molecular complexity index is 660. The molecule has 0 saturated heterocycles. The maximum Gasteiger partial charge on any atom is 0.410 e. The molecule has 1 fully saturated rings. The second-order valence-electron chi connectivity index (χ2n) is 8.59. The number of benzene rings is 1. The van der Waals surface area contributed by atoms with E-state index in [0.29, 0.717) is 12.5 Å². The minimum Gasteiger partial charge on any atom is -0.444 e. The number of carbonyl (C=O) groups excluding carboxylic acids is 1. The Morgan fingerprint density at radius 2 is 1.96 bits per heavy atom. The van der Waals surface area contributed by atoms with Crippen molar-refractivity contribution in [1.82, 2.24) is 4.90 Å². The van der Waals surface area contributed by atoms with E-state index in [4.69, 9.17) is 4.74 Å². The predicted molar refractivity (Wildman–Crippen MR) is 102 cm³/mol. The molecule has 1 aliphatic carbocycles. The zero-order valence-electron chi connectivity index (χ0n) is 16.2. The number of fused-ring (bicyclic) bond motifs is 1. The predicted octanol–water partition coefficient (Wildman–Crippen LogP) is 5.37. The Kier molecular flexibility index (Phi) is 5.64. The maximum atomic E-state index is 12.9. The van der Waals surface area contributed by atoms with Crippen LogP contribution in [0.5, 0.6) is 0 Å². The second kappa shape index (κ2) is 7.77. The van der Waals surface area contributed by atoms with Crippen LogP contribution in [-0.2, 0) is 17.7 Å². The van der Waals surface area contributed by atoms with Gasteiger partial charge in [0.1, 0.15) is 12.1 Å². The van der Waals surface area contributed by atoms with Gasteiger partial charge in [0.15, 0.2) is 0 Å². The first kappa shape index (κ1) is 18.9. The molecule has 0 aromatic heterocycles. The number of amides is 1. The molecule has 5 nitrogen and oxygen atoms in total. The van der Waals surface area contributed by atoms with Gasteiger partial charge in [0.25, 0.3) is 0 Å². The van der Waals surface area contributed by atoms with Crippen LogP contribution in [0.3, 0.4) is 0 Å². The van der Waals surface area contributed by atoms with Crippen LogP contribution in [0.4, 0.5) is 4.79 Å². The summed E-state index contributed by atoms with van der Waals surface area (Å²) in [6.45, 7) is 6.59. The number of hydrogen-bond donors (Lipinski definition) is 0.